The van der Waals surface area contributed by atoms with Gasteiger partial charge in [-0.05, 0) is 54.4 Å². The first-order chi connectivity index (χ1) is 20.1. The fourth-order valence-corrected chi connectivity index (χ4v) is 6.42. The van der Waals surface area contributed by atoms with Crippen LogP contribution in [-0.4, -0.2) is 52.3 Å². The molecule has 2 fully saturated rings. The van der Waals surface area contributed by atoms with Crippen LogP contribution < -0.4 is 16.0 Å². The molecule has 3 N–H and O–H groups in total. The van der Waals surface area contributed by atoms with Gasteiger partial charge in [-0.1, -0.05) is 57.2 Å². The van der Waals surface area contributed by atoms with E-state index in [1.54, 1.807) is 6.20 Å². The highest BCUT2D eigenvalue weighted by Crippen LogP contribution is 2.46. The molecule has 9 nitrogen and oxygen atoms in total. The topological polar surface area (TPSA) is 127 Å². The van der Waals surface area contributed by atoms with Crippen LogP contribution in [0.1, 0.15) is 52.0 Å². The first-order valence-corrected chi connectivity index (χ1v) is 14.6. The van der Waals surface area contributed by atoms with Gasteiger partial charge in [-0.15, -0.1) is 0 Å². The average Bonchev–Trinajstić information content (AvgIpc) is 3.67. The molecular formula is C33H36N6O3. The van der Waals surface area contributed by atoms with E-state index in [9.17, 15) is 19.6 Å². The largest absolute Gasteiger partial charge is 0.372 e. The number of nitrogens with zero attached hydrogens (tertiary/aromatic N) is 3. The van der Waals surface area contributed by atoms with Crippen LogP contribution in [0.3, 0.4) is 0 Å². The van der Waals surface area contributed by atoms with E-state index in [-0.39, 0.29) is 42.0 Å². The molecule has 3 amide bonds. The van der Waals surface area contributed by atoms with Crippen molar-refractivity contribution in [2.75, 3.05) is 17.2 Å². The van der Waals surface area contributed by atoms with E-state index in [1.165, 1.54) is 4.90 Å². The summed E-state index contributed by atoms with van der Waals surface area (Å²) in [6.07, 6.45) is 4.17. The van der Waals surface area contributed by atoms with Crippen LogP contribution in [-0.2, 0) is 19.8 Å². The molecule has 216 valence electrons. The molecule has 3 aliphatic rings. The van der Waals surface area contributed by atoms with Crippen LogP contribution in [0.4, 0.5) is 11.4 Å². The van der Waals surface area contributed by atoms with Crippen molar-refractivity contribution in [2.45, 2.75) is 70.0 Å². The molecule has 42 heavy (non-hydrogen) atoms. The standard InChI is InChI=1S/C33H36N6O3/c1-32(2,3)16-27(30(41)39-19-33(15-23(39)17-34)24-9-5-7-11-26(24)38-31(33)42)37-29(40)28(20-12-13-20)36-22-14-21-8-4-6-10-25(21)35-18-22/h4-11,14,18,20,23,27-28,36H,12-13,15-16,19H2,1-3H3,(H,37,40)(H,38,42)/t23-,27-,28?,33-/m0/s1. The second-order valence-electron chi connectivity index (χ2n) is 13.1. The van der Waals surface area contributed by atoms with Crippen LogP contribution in [0.2, 0.25) is 0 Å². The van der Waals surface area contributed by atoms with Crippen LogP contribution in [0, 0.1) is 22.7 Å². The summed E-state index contributed by atoms with van der Waals surface area (Å²) in [7, 11) is 0. The molecule has 1 saturated carbocycles. The highest BCUT2D eigenvalue weighted by atomic mass is 16.2. The van der Waals surface area contributed by atoms with Gasteiger partial charge in [0.2, 0.25) is 17.7 Å². The van der Waals surface area contributed by atoms with Crippen molar-refractivity contribution >= 4 is 40.0 Å². The number of carbonyl (C=O) groups excluding carboxylic acids is 3. The van der Waals surface area contributed by atoms with Gasteiger partial charge in [-0.3, -0.25) is 19.4 Å². The maximum absolute atomic E-state index is 14.2. The third kappa shape index (κ3) is 5.18. The summed E-state index contributed by atoms with van der Waals surface area (Å²) in [5, 5.41) is 20.4. The number of carbonyl (C=O) groups is 3. The molecule has 4 atom stereocenters. The fraction of sp³-hybridized carbons (Fsp3) is 0.424. The number of anilines is 2. The number of nitriles is 1. The molecule has 0 radical (unpaired) electrons. The quantitative estimate of drug-likeness (QED) is 0.391. The first kappa shape index (κ1) is 27.7. The van der Waals surface area contributed by atoms with Gasteiger partial charge in [-0.2, -0.15) is 5.26 Å². The Balaban J connectivity index is 1.25. The second-order valence-corrected chi connectivity index (χ2v) is 13.1. The number of benzene rings is 2. The summed E-state index contributed by atoms with van der Waals surface area (Å²) in [4.78, 5) is 47.3. The van der Waals surface area contributed by atoms with Gasteiger partial charge in [0.1, 0.15) is 18.1 Å². The number of nitrogens with one attached hydrogen (secondary N) is 3. The molecular weight excluding hydrogens is 528 g/mol. The van der Waals surface area contributed by atoms with Crippen molar-refractivity contribution in [2.24, 2.45) is 11.3 Å². The molecule has 1 saturated heterocycles. The third-order valence-electron chi connectivity index (χ3n) is 8.64. The molecule has 2 aromatic carbocycles. The Bertz CT molecular complexity index is 1600. The van der Waals surface area contributed by atoms with Crippen LogP contribution >= 0.6 is 0 Å². The summed E-state index contributed by atoms with van der Waals surface area (Å²) in [6.45, 7) is 6.15. The molecule has 2 aliphatic heterocycles. The lowest BCUT2D eigenvalue weighted by Crippen LogP contribution is -2.55. The lowest BCUT2D eigenvalue weighted by Gasteiger charge is -2.32. The Morgan fingerprint density at radius 1 is 1.17 bits per heavy atom. The van der Waals surface area contributed by atoms with E-state index >= 15 is 0 Å². The van der Waals surface area contributed by atoms with Gasteiger partial charge in [0.05, 0.1) is 28.9 Å². The number of para-hydroxylation sites is 2. The van der Waals surface area contributed by atoms with E-state index in [0.717, 1.165) is 40.7 Å². The lowest BCUT2D eigenvalue weighted by atomic mass is 9.80. The number of pyridine rings is 1. The summed E-state index contributed by atoms with van der Waals surface area (Å²) in [5.74, 6) is -0.625. The van der Waals surface area contributed by atoms with Gasteiger partial charge in [0.15, 0.2) is 0 Å². The number of hydrogen-bond donors (Lipinski definition) is 3. The highest BCUT2D eigenvalue weighted by molar-refractivity contribution is 6.07. The van der Waals surface area contributed by atoms with Gasteiger partial charge in [-0.25, -0.2) is 0 Å². The number of rotatable bonds is 7. The van der Waals surface area contributed by atoms with Gasteiger partial charge in [0.25, 0.3) is 0 Å². The minimum Gasteiger partial charge on any atom is -0.372 e. The average molecular weight is 565 g/mol. The molecule has 1 spiro atoms. The summed E-state index contributed by atoms with van der Waals surface area (Å²) in [6, 6.07) is 17.3. The minimum atomic E-state index is -0.982. The molecule has 3 heterocycles. The number of likely N-dealkylation sites (tertiary alicyclic amines) is 1. The van der Waals surface area contributed by atoms with Crippen molar-refractivity contribution in [3.05, 3.63) is 66.4 Å². The molecule has 6 rings (SSSR count). The van der Waals surface area contributed by atoms with Gasteiger partial charge in [0, 0.05) is 24.0 Å². The first-order valence-electron chi connectivity index (χ1n) is 14.6. The van der Waals surface area contributed by atoms with Crippen molar-refractivity contribution in [3.63, 3.8) is 0 Å². The number of hydrogen-bond acceptors (Lipinski definition) is 6. The number of amides is 3. The molecule has 1 aliphatic carbocycles. The zero-order chi connectivity index (χ0) is 29.6. The smallest absolute Gasteiger partial charge is 0.246 e. The van der Waals surface area contributed by atoms with Gasteiger partial charge < -0.3 is 20.9 Å². The zero-order valence-electron chi connectivity index (χ0n) is 24.2. The van der Waals surface area contributed by atoms with Crippen LogP contribution in [0.15, 0.2) is 60.8 Å². The van der Waals surface area contributed by atoms with Crippen molar-refractivity contribution in [1.82, 2.24) is 15.2 Å². The second kappa shape index (κ2) is 10.4. The molecule has 1 unspecified atom stereocenters. The number of aromatic nitrogens is 1. The van der Waals surface area contributed by atoms with E-state index in [1.807, 2.05) is 75.4 Å². The zero-order valence-corrected chi connectivity index (χ0v) is 24.2. The van der Waals surface area contributed by atoms with E-state index in [4.69, 9.17) is 0 Å². The monoisotopic (exact) mass is 564 g/mol. The lowest BCUT2D eigenvalue weighted by molar-refractivity contribution is -0.138. The van der Waals surface area contributed by atoms with Crippen molar-refractivity contribution in [1.29, 1.82) is 5.26 Å². The Kier molecular flexibility index (Phi) is 6.88. The minimum absolute atomic E-state index is 0.0937. The summed E-state index contributed by atoms with van der Waals surface area (Å²) < 4.78 is 0. The molecule has 3 aromatic rings. The molecule has 9 heteroatoms. The summed E-state index contributed by atoms with van der Waals surface area (Å²) in [5.41, 5.74) is 1.88. The van der Waals surface area contributed by atoms with Crippen molar-refractivity contribution < 1.29 is 14.4 Å². The maximum Gasteiger partial charge on any atom is 0.246 e. The van der Waals surface area contributed by atoms with E-state index < -0.39 is 23.5 Å². The number of fused-ring (bicyclic) bond motifs is 3. The van der Waals surface area contributed by atoms with E-state index in [0.29, 0.717) is 6.42 Å². The van der Waals surface area contributed by atoms with Crippen molar-refractivity contribution in [3.8, 4) is 6.07 Å². The van der Waals surface area contributed by atoms with Crippen LogP contribution in [0.5, 0.6) is 0 Å². The Hall–Kier alpha value is -4.45. The SMILES string of the molecule is CC(C)(C)C[C@H](NC(=O)C(Nc1cnc2ccccc2c1)C1CC1)C(=O)N1C[C@]2(C[C@H]1C#N)C(=O)Nc1ccccc12. The Labute approximate surface area is 245 Å². The van der Waals surface area contributed by atoms with Gasteiger partial charge >= 0.3 is 0 Å². The maximum atomic E-state index is 14.2. The summed E-state index contributed by atoms with van der Waals surface area (Å²) >= 11 is 0. The normalized spacial score (nSPS) is 22.8. The predicted molar refractivity (Wildman–Crippen MR) is 160 cm³/mol. The predicted octanol–water partition coefficient (Wildman–Crippen LogP) is 4.36. The third-order valence-corrected chi connectivity index (χ3v) is 8.64. The molecule has 0 bridgehead atoms. The highest BCUT2D eigenvalue weighted by Gasteiger charge is 2.56. The van der Waals surface area contributed by atoms with E-state index in [2.05, 4.69) is 27.0 Å². The van der Waals surface area contributed by atoms with Crippen LogP contribution in [0.25, 0.3) is 10.9 Å². The fourth-order valence-electron chi connectivity index (χ4n) is 6.42. The Morgan fingerprint density at radius 3 is 2.64 bits per heavy atom. The Morgan fingerprint density at radius 2 is 1.90 bits per heavy atom. The molecule has 1 aromatic heterocycles.